The van der Waals surface area contributed by atoms with Crippen molar-refractivity contribution in [1.82, 2.24) is 4.72 Å². The number of hydrogen-bond donors (Lipinski definition) is 1. The second-order valence-electron chi connectivity index (χ2n) is 7.06. The highest BCUT2D eigenvalue weighted by atomic mass is 32.2. The molecule has 0 aliphatic carbocycles. The zero-order valence-electron chi connectivity index (χ0n) is 17.2. The summed E-state index contributed by atoms with van der Waals surface area (Å²) in [7, 11) is -1.93. The molecule has 0 radical (unpaired) electrons. The molecule has 30 heavy (non-hydrogen) atoms. The van der Waals surface area contributed by atoms with Crippen molar-refractivity contribution in [1.29, 1.82) is 0 Å². The van der Waals surface area contributed by atoms with Crippen LogP contribution in [0.25, 0.3) is 0 Å². The van der Waals surface area contributed by atoms with Crippen LogP contribution in [0.4, 0.5) is 0 Å². The Morgan fingerprint density at radius 2 is 1.57 bits per heavy atom. The third-order valence-corrected chi connectivity index (χ3v) is 6.29. The Morgan fingerprint density at radius 1 is 0.900 bits per heavy atom. The van der Waals surface area contributed by atoms with Crippen LogP contribution in [0.3, 0.4) is 0 Å². The largest absolute Gasteiger partial charge is 0.497 e. The molecule has 0 aromatic heterocycles. The monoisotopic (exact) mass is 425 g/mol. The normalized spacial score (nSPS) is 12.5. The summed E-state index contributed by atoms with van der Waals surface area (Å²) in [6.07, 6.45) is 0.251. The van der Waals surface area contributed by atoms with Gasteiger partial charge in [-0.25, -0.2) is 13.1 Å². The molecule has 0 fully saturated rings. The maximum Gasteiger partial charge on any atom is 0.240 e. The molecule has 1 N–H and O–H groups in total. The van der Waals surface area contributed by atoms with Gasteiger partial charge in [-0.3, -0.25) is 0 Å². The van der Waals surface area contributed by atoms with Crippen LogP contribution in [0, 0.1) is 6.92 Å². The first-order valence-electron chi connectivity index (χ1n) is 9.84. The van der Waals surface area contributed by atoms with Crippen molar-refractivity contribution >= 4 is 10.0 Å². The van der Waals surface area contributed by atoms with Gasteiger partial charge in [0.15, 0.2) is 0 Å². The highest BCUT2D eigenvalue weighted by Crippen LogP contribution is 2.25. The summed E-state index contributed by atoms with van der Waals surface area (Å²) >= 11 is 0. The van der Waals surface area contributed by atoms with E-state index in [4.69, 9.17) is 9.47 Å². The van der Waals surface area contributed by atoms with Crippen LogP contribution < -0.4 is 9.46 Å². The summed E-state index contributed by atoms with van der Waals surface area (Å²) in [4.78, 5) is 0.263. The molecule has 6 heteroatoms. The van der Waals surface area contributed by atoms with Gasteiger partial charge in [-0.15, -0.1) is 0 Å². The predicted octanol–water partition coefficient (Wildman–Crippen LogP) is 4.63. The van der Waals surface area contributed by atoms with E-state index in [0.717, 1.165) is 22.4 Å². The topological polar surface area (TPSA) is 64.6 Å². The molecule has 0 aliphatic rings. The second-order valence-corrected chi connectivity index (χ2v) is 8.82. The highest BCUT2D eigenvalue weighted by molar-refractivity contribution is 7.89. The SMILES string of the molecule is COc1ccc(C(CCNS(=O)(=O)c2ccc(C)cc2)OCc2ccccc2)cc1. The first-order valence-corrected chi connectivity index (χ1v) is 11.3. The van der Waals surface area contributed by atoms with Gasteiger partial charge in [0, 0.05) is 6.54 Å². The van der Waals surface area contributed by atoms with Gasteiger partial charge in [0.25, 0.3) is 0 Å². The summed E-state index contributed by atoms with van der Waals surface area (Å²) in [6.45, 7) is 2.64. The molecule has 0 aliphatic heterocycles. The third-order valence-electron chi connectivity index (χ3n) is 4.81. The number of hydrogen-bond acceptors (Lipinski definition) is 4. The smallest absolute Gasteiger partial charge is 0.240 e. The van der Waals surface area contributed by atoms with E-state index in [2.05, 4.69) is 4.72 Å². The lowest BCUT2D eigenvalue weighted by Gasteiger charge is -2.19. The van der Waals surface area contributed by atoms with Crippen molar-refractivity contribution in [3.63, 3.8) is 0 Å². The molecule has 5 nitrogen and oxygen atoms in total. The Kier molecular flexibility index (Phi) is 7.63. The Labute approximate surface area is 178 Å². The fourth-order valence-electron chi connectivity index (χ4n) is 3.06. The van der Waals surface area contributed by atoms with E-state index in [-0.39, 0.29) is 17.5 Å². The zero-order chi connectivity index (χ0) is 21.4. The number of aryl methyl sites for hydroxylation is 1. The molecule has 0 saturated heterocycles. The molecule has 0 saturated carbocycles. The molecule has 0 heterocycles. The van der Waals surface area contributed by atoms with Crippen molar-refractivity contribution in [2.75, 3.05) is 13.7 Å². The summed E-state index contributed by atoms with van der Waals surface area (Å²) in [5, 5.41) is 0. The predicted molar refractivity (Wildman–Crippen MR) is 118 cm³/mol. The third kappa shape index (κ3) is 6.16. The van der Waals surface area contributed by atoms with Crippen molar-refractivity contribution in [3.05, 3.63) is 95.6 Å². The van der Waals surface area contributed by atoms with Crippen LogP contribution >= 0.6 is 0 Å². The number of sulfonamides is 1. The van der Waals surface area contributed by atoms with Crippen LogP contribution in [-0.2, 0) is 21.4 Å². The molecule has 1 unspecified atom stereocenters. The molecular weight excluding hydrogens is 398 g/mol. The average molecular weight is 426 g/mol. The van der Waals surface area contributed by atoms with Gasteiger partial charge < -0.3 is 9.47 Å². The first kappa shape index (κ1) is 22.0. The van der Waals surface area contributed by atoms with Gasteiger partial charge in [0.05, 0.1) is 24.7 Å². The standard InChI is InChI=1S/C24H27NO4S/c1-19-8-14-23(15-9-19)30(26,27)25-17-16-24(21-10-12-22(28-2)13-11-21)29-18-20-6-4-3-5-7-20/h3-15,24-25H,16-18H2,1-2H3. The van der Waals surface area contributed by atoms with E-state index >= 15 is 0 Å². The zero-order valence-corrected chi connectivity index (χ0v) is 18.1. The number of methoxy groups -OCH3 is 1. The van der Waals surface area contributed by atoms with Gasteiger partial charge in [0.1, 0.15) is 5.75 Å². The fourth-order valence-corrected chi connectivity index (χ4v) is 4.11. The van der Waals surface area contributed by atoms with Crippen molar-refractivity contribution < 1.29 is 17.9 Å². The van der Waals surface area contributed by atoms with E-state index < -0.39 is 10.0 Å². The van der Waals surface area contributed by atoms with Crippen molar-refractivity contribution in [3.8, 4) is 5.75 Å². The summed E-state index contributed by atoms with van der Waals surface area (Å²) in [5.41, 5.74) is 3.06. The Hall–Kier alpha value is -2.67. The summed E-state index contributed by atoms with van der Waals surface area (Å²) < 4.78 is 39.2. The number of ether oxygens (including phenoxy) is 2. The minimum atomic E-state index is -3.56. The fraction of sp³-hybridized carbons (Fsp3) is 0.250. The van der Waals surface area contributed by atoms with Crippen molar-refractivity contribution in [2.45, 2.75) is 31.0 Å². The Bertz CT molecular complexity index is 1020. The summed E-state index contributed by atoms with van der Waals surface area (Å²) in [6, 6.07) is 24.4. The minimum absolute atomic E-state index is 0.253. The molecule has 3 rings (SSSR count). The van der Waals surface area contributed by atoms with Gasteiger partial charge in [0.2, 0.25) is 10.0 Å². The molecule has 0 bridgehead atoms. The van der Waals surface area contributed by atoms with E-state index in [9.17, 15) is 8.42 Å². The molecule has 1 atom stereocenters. The molecule has 3 aromatic rings. The van der Waals surface area contributed by atoms with E-state index in [1.807, 2.05) is 61.5 Å². The minimum Gasteiger partial charge on any atom is -0.497 e. The van der Waals surface area contributed by atoms with Gasteiger partial charge in [-0.2, -0.15) is 0 Å². The highest BCUT2D eigenvalue weighted by Gasteiger charge is 2.17. The van der Waals surface area contributed by atoms with E-state index in [1.165, 1.54) is 0 Å². The summed E-state index contributed by atoms with van der Waals surface area (Å²) in [5.74, 6) is 0.764. The van der Waals surface area contributed by atoms with Crippen LogP contribution in [0.15, 0.2) is 83.8 Å². The van der Waals surface area contributed by atoms with E-state index in [1.54, 1.807) is 31.4 Å². The maximum atomic E-state index is 12.6. The number of rotatable bonds is 10. The second kappa shape index (κ2) is 10.4. The van der Waals surface area contributed by atoms with Gasteiger partial charge in [-0.05, 0) is 48.7 Å². The first-order chi connectivity index (χ1) is 14.5. The maximum absolute atomic E-state index is 12.6. The number of benzene rings is 3. The molecule has 158 valence electrons. The van der Waals surface area contributed by atoms with E-state index in [0.29, 0.717) is 13.0 Å². The van der Waals surface area contributed by atoms with Crippen LogP contribution in [0.5, 0.6) is 5.75 Å². The molecule has 3 aromatic carbocycles. The van der Waals surface area contributed by atoms with Crippen LogP contribution in [0.1, 0.15) is 29.2 Å². The number of nitrogens with one attached hydrogen (secondary N) is 1. The lowest BCUT2D eigenvalue weighted by atomic mass is 10.1. The molecule has 0 amide bonds. The lowest BCUT2D eigenvalue weighted by molar-refractivity contribution is 0.0349. The van der Waals surface area contributed by atoms with Gasteiger partial charge in [-0.1, -0.05) is 60.2 Å². The Morgan fingerprint density at radius 3 is 2.20 bits per heavy atom. The van der Waals surface area contributed by atoms with Crippen LogP contribution in [0.2, 0.25) is 0 Å². The average Bonchev–Trinajstić information content (AvgIpc) is 2.77. The van der Waals surface area contributed by atoms with Crippen LogP contribution in [-0.4, -0.2) is 22.1 Å². The molecular formula is C24H27NO4S. The quantitative estimate of drug-likeness (QED) is 0.514. The van der Waals surface area contributed by atoms with Crippen molar-refractivity contribution in [2.24, 2.45) is 0 Å². The van der Waals surface area contributed by atoms with Gasteiger partial charge >= 0.3 is 0 Å². The lowest BCUT2D eigenvalue weighted by Crippen LogP contribution is -2.26. The Balaban J connectivity index is 1.67. The molecule has 0 spiro atoms.